The van der Waals surface area contributed by atoms with E-state index in [1.807, 2.05) is 0 Å². The van der Waals surface area contributed by atoms with Gasteiger partial charge in [-0.25, -0.2) is 4.39 Å². The Morgan fingerprint density at radius 1 is 1.53 bits per heavy atom. The topological polar surface area (TPSA) is 20.3 Å². The van der Waals surface area contributed by atoms with Crippen molar-refractivity contribution in [1.82, 2.24) is 4.90 Å². The van der Waals surface area contributed by atoms with Gasteiger partial charge in [0.25, 0.3) is 0 Å². The predicted molar refractivity (Wildman–Crippen MR) is 65.5 cm³/mol. The Bertz CT molecular complexity index is 405. The van der Waals surface area contributed by atoms with Gasteiger partial charge in [-0.1, -0.05) is 6.92 Å². The van der Waals surface area contributed by atoms with Crippen LogP contribution >= 0.6 is 0 Å². The van der Waals surface area contributed by atoms with Crippen molar-refractivity contribution in [2.24, 2.45) is 5.92 Å². The van der Waals surface area contributed by atoms with Gasteiger partial charge in [-0.05, 0) is 49.1 Å². The van der Waals surface area contributed by atoms with Gasteiger partial charge in [-0.2, -0.15) is 0 Å². The first-order valence-corrected chi connectivity index (χ1v) is 6.15. The first kappa shape index (κ1) is 12.2. The van der Waals surface area contributed by atoms with Gasteiger partial charge in [-0.3, -0.25) is 9.69 Å². The van der Waals surface area contributed by atoms with Gasteiger partial charge >= 0.3 is 0 Å². The molecule has 0 aliphatic carbocycles. The SMILES string of the molecule is C[C@H]1CCCN(Cc2cc(F)ccc2C=O)C1. The molecular weight excluding hydrogens is 217 g/mol. The Balaban J connectivity index is 2.11. The van der Waals surface area contributed by atoms with E-state index in [9.17, 15) is 9.18 Å². The second-order valence-corrected chi connectivity index (χ2v) is 4.94. The Morgan fingerprint density at radius 2 is 2.35 bits per heavy atom. The van der Waals surface area contributed by atoms with E-state index in [0.29, 0.717) is 18.0 Å². The molecule has 2 nitrogen and oxygen atoms in total. The van der Waals surface area contributed by atoms with Gasteiger partial charge in [0.05, 0.1) is 0 Å². The van der Waals surface area contributed by atoms with Crippen molar-refractivity contribution in [2.75, 3.05) is 13.1 Å². The molecule has 0 amide bonds. The minimum atomic E-state index is -0.268. The molecule has 3 heteroatoms. The number of nitrogens with zero attached hydrogens (tertiary/aromatic N) is 1. The predicted octanol–water partition coefficient (Wildman–Crippen LogP) is 2.87. The summed E-state index contributed by atoms with van der Waals surface area (Å²) in [7, 11) is 0. The average Bonchev–Trinajstić information content (AvgIpc) is 2.29. The van der Waals surface area contributed by atoms with Gasteiger partial charge in [0, 0.05) is 18.7 Å². The molecule has 0 N–H and O–H groups in total. The summed E-state index contributed by atoms with van der Waals surface area (Å²) in [5.41, 5.74) is 1.40. The lowest BCUT2D eigenvalue weighted by molar-refractivity contribution is 0.112. The second kappa shape index (κ2) is 5.41. The average molecular weight is 235 g/mol. The minimum absolute atomic E-state index is 0.268. The van der Waals surface area contributed by atoms with E-state index in [4.69, 9.17) is 0 Å². The highest BCUT2D eigenvalue weighted by Gasteiger charge is 2.17. The van der Waals surface area contributed by atoms with Crippen LogP contribution in [0.4, 0.5) is 4.39 Å². The molecule has 1 saturated heterocycles. The van der Waals surface area contributed by atoms with E-state index in [1.165, 1.54) is 25.0 Å². The molecule has 1 heterocycles. The number of rotatable bonds is 3. The van der Waals surface area contributed by atoms with Crippen molar-refractivity contribution < 1.29 is 9.18 Å². The highest BCUT2D eigenvalue weighted by Crippen LogP contribution is 2.19. The number of piperidine rings is 1. The normalized spacial score (nSPS) is 21.4. The molecule has 1 atom stereocenters. The Morgan fingerprint density at radius 3 is 3.06 bits per heavy atom. The molecule has 1 aliphatic rings. The zero-order valence-corrected chi connectivity index (χ0v) is 10.2. The molecule has 0 radical (unpaired) electrons. The van der Waals surface area contributed by atoms with Gasteiger partial charge in [0.1, 0.15) is 12.1 Å². The van der Waals surface area contributed by atoms with Crippen molar-refractivity contribution >= 4 is 6.29 Å². The molecule has 1 aromatic carbocycles. The summed E-state index contributed by atoms with van der Waals surface area (Å²) in [5.74, 6) is 0.424. The standard InChI is InChI=1S/C14H18FNO/c1-11-3-2-6-16(8-11)9-13-7-14(15)5-4-12(13)10-17/h4-5,7,10-11H,2-3,6,8-9H2,1H3/t11-/m0/s1. The molecule has 1 aromatic rings. The lowest BCUT2D eigenvalue weighted by Crippen LogP contribution is -2.34. The number of hydrogen-bond donors (Lipinski definition) is 0. The summed E-state index contributed by atoms with van der Waals surface area (Å²) < 4.78 is 13.2. The Hall–Kier alpha value is -1.22. The molecule has 1 fully saturated rings. The number of carbonyl (C=O) groups is 1. The maximum atomic E-state index is 13.2. The Labute approximate surface area is 101 Å². The number of hydrogen-bond acceptors (Lipinski definition) is 2. The number of likely N-dealkylation sites (tertiary alicyclic amines) is 1. The molecule has 92 valence electrons. The van der Waals surface area contributed by atoms with Crippen LogP contribution in [0.15, 0.2) is 18.2 Å². The van der Waals surface area contributed by atoms with Crippen LogP contribution in [0.25, 0.3) is 0 Å². The van der Waals surface area contributed by atoms with Crippen molar-refractivity contribution in [2.45, 2.75) is 26.3 Å². The molecule has 0 bridgehead atoms. The molecule has 17 heavy (non-hydrogen) atoms. The maximum Gasteiger partial charge on any atom is 0.150 e. The first-order valence-electron chi connectivity index (χ1n) is 6.15. The molecular formula is C14H18FNO. The van der Waals surface area contributed by atoms with Crippen molar-refractivity contribution in [3.05, 3.63) is 35.1 Å². The number of halogens is 1. The lowest BCUT2D eigenvalue weighted by atomic mass is 9.99. The quantitative estimate of drug-likeness (QED) is 0.751. The van der Waals surface area contributed by atoms with Crippen LogP contribution in [0, 0.1) is 11.7 Å². The highest BCUT2D eigenvalue weighted by molar-refractivity contribution is 5.77. The van der Waals surface area contributed by atoms with Gasteiger partial charge in [-0.15, -0.1) is 0 Å². The molecule has 1 aliphatic heterocycles. The van der Waals surface area contributed by atoms with Crippen LogP contribution in [-0.2, 0) is 6.54 Å². The van der Waals surface area contributed by atoms with Gasteiger partial charge in [0.15, 0.2) is 0 Å². The van der Waals surface area contributed by atoms with Gasteiger partial charge < -0.3 is 0 Å². The first-order chi connectivity index (χ1) is 8.19. The maximum absolute atomic E-state index is 13.2. The fourth-order valence-electron chi connectivity index (χ4n) is 2.50. The molecule has 0 saturated carbocycles. The van der Waals surface area contributed by atoms with Crippen molar-refractivity contribution in [1.29, 1.82) is 0 Å². The van der Waals surface area contributed by atoms with Crippen LogP contribution in [0.1, 0.15) is 35.7 Å². The van der Waals surface area contributed by atoms with Crippen molar-refractivity contribution in [3.63, 3.8) is 0 Å². The van der Waals surface area contributed by atoms with E-state index in [2.05, 4.69) is 11.8 Å². The molecule has 2 rings (SSSR count). The van der Waals surface area contributed by atoms with E-state index >= 15 is 0 Å². The number of aldehydes is 1. The van der Waals surface area contributed by atoms with E-state index in [0.717, 1.165) is 24.9 Å². The van der Waals surface area contributed by atoms with Crippen LogP contribution in [-0.4, -0.2) is 24.3 Å². The highest BCUT2D eigenvalue weighted by atomic mass is 19.1. The Kier molecular flexibility index (Phi) is 3.89. The fourth-order valence-corrected chi connectivity index (χ4v) is 2.50. The van der Waals surface area contributed by atoms with Crippen LogP contribution < -0.4 is 0 Å². The van der Waals surface area contributed by atoms with E-state index in [-0.39, 0.29) is 5.82 Å². The number of benzene rings is 1. The van der Waals surface area contributed by atoms with Crippen LogP contribution in [0.3, 0.4) is 0 Å². The summed E-state index contributed by atoms with van der Waals surface area (Å²) >= 11 is 0. The van der Waals surface area contributed by atoms with E-state index < -0.39 is 0 Å². The fraction of sp³-hybridized carbons (Fsp3) is 0.500. The molecule has 0 spiro atoms. The van der Waals surface area contributed by atoms with E-state index in [1.54, 1.807) is 6.07 Å². The number of carbonyl (C=O) groups excluding carboxylic acids is 1. The largest absolute Gasteiger partial charge is 0.299 e. The van der Waals surface area contributed by atoms with Crippen LogP contribution in [0.5, 0.6) is 0 Å². The zero-order chi connectivity index (χ0) is 12.3. The summed E-state index contributed by atoms with van der Waals surface area (Å²) in [6, 6.07) is 4.38. The minimum Gasteiger partial charge on any atom is -0.299 e. The second-order valence-electron chi connectivity index (χ2n) is 4.94. The smallest absolute Gasteiger partial charge is 0.150 e. The third-order valence-electron chi connectivity index (χ3n) is 3.37. The zero-order valence-electron chi connectivity index (χ0n) is 10.2. The summed E-state index contributed by atoms with van der Waals surface area (Å²) in [6.45, 7) is 4.99. The third kappa shape index (κ3) is 3.13. The summed E-state index contributed by atoms with van der Waals surface area (Å²) in [6.07, 6.45) is 3.26. The lowest BCUT2D eigenvalue weighted by Gasteiger charge is -2.31. The summed E-state index contributed by atoms with van der Waals surface area (Å²) in [5, 5.41) is 0. The van der Waals surface area contributed by atoms with Crippen molar-refractivity contribution in [3.8, 4) is 0 Å². The molecule has 0 aromatic heterocycles. The molecule has 0 unspecified atom stereocenters. The monoisotopic (exact) mass is 235 g/mol. The van der Waals surface area contributed by atoms with Crippen LogP contribution in [0.2, 0.25) is 0 Å². The summed E-state index contributed by atoms with van der Waals surface area (Å²) in [4.78, 5) is 13.2. The van der Waals surface area contributed by atoms with Gasteiger partial charge in [0.2, 0.25) is 0 Å². The third-order valence-corrected chi connectivity index (χ3v) is 3.37.